The number of ether oxygens (including phenoxy) is 1. The summed E-state index contributed by atoms with van der Waals surface area (Å²) in [6.45, 7) is 4.49. The Balaban J connectivity index is 1.71. The minimum Gasteiger partial charge on any atom is -0.497 e. The molecule has 2 aromatic carbocycles. The molecular weight excluding hydrogens is 518 g/mol. The Labute approximate surface area is 224 Å². The maximum absolute atomic E-state index is 13.0. The fourth-order valence-corrected chi connectivity index (χ4v) is 5.04. The Kier molecular flexibility index (Phi) is 10.5. The SMILES string of the molecule is CCn1c(SCC(=O)Nc2ccc(Cl)cc2C)nnc1[C@H](CCSC)NC(=O)c1ccc(OC)cc1. The number of methoxy groups -OCH3 is 1. The van der Waals surface area contributed by atoms with Crippen LogP contribution in [0, 0.1) is 6.92 Å². The lowest BCUT2D eigenvalue weighted by molar-refractivity contribution is -0.113. The summed E-state index contributed by atoms with van der Waals surface area (Å²) < 4.78 is 7.13. The molecule has 1 heterocycles. The first-order chi connectivity index (χ1) is 17.4. The van der Waals surface area contributed by atoms with Crippen LogP contribution in [0.5, 0.6) is 5.75 Å². The van der Waals surface area contributed by atoms with Crippen LogP contribution < -0.4 is 15.4 Å². The number of aromatic nitrogens is 3. The molecule has 36 heavy (non-hydrogen) atoms. The monoisotopic (exact) mass is 547 g/mol. The van der Waals surface area contributed by atoms with E-state index in [-0.39, 0.29) is 23.6 Å². The van der Waals surface area contributed by atoms with Gasteiger partial charge in [0.2, 0.25) is 5.91 Å². The van der Waals surface area contributed by atoms with Crippen LogP contribution >= 0.6 is 35.1 Å². The van der Waals surface area contributed by atoms with Crippen molar-refractivity contribution in [3.8, 4) is 5.75 Å². The molecule has 2 N–H and O–H groups in total. The molecule has 0 spiro atoms. The summed E-state index contributed by atoms with van der Waals surface area (Å²) in [5.74, 6) is 2.03. The van der Waals surface area contributed by atoms with Crippen molar-refractivity contribution < 1.29 is 14.3 Å². The van der Waals surface area contributed by atoms with Crippen molar-refractivity contribution in [2.45, 2.75) is 38.0 Å². The second kappa shape index (κ2) is 13.6. The van der Waals surface area contributed by atoms with E-state index in [4.69, 9.17) is 16.3 Å². The van der Waals surface area contributed by atoms with Gasteiger partial charge in [-0.1, -0.05) is 23.4 Å². The number of thioether (sulfide) groups is 2. The first-order valence-electron chi connectivity index (χ1n) is 11.4. The molecule has 0 fully saturated rings. The van der Waals surface area contributed by atoms with Gasteiger partial charge in [-0.3, -0.25) is 9.59 Å². The lowest BCUT2D eigenvalue weighted by atomic mass is 10.1. The molecule has 1 atom stereocenters. The summed E-state index contributed by atoms with van der Waals surface area (Å²) in [6.07, 6.45) is 2.72. The molecule has 0 saturated heterocycles. The van der Waals surface area contributed by atoms with Crippen molar-refractivity contribution in [3.63, 3.8) is 0 Å². The Bertz CT molecular complexity index is 1190. The highest BCUT2D eigenvalue weighted by Gasteiger charge is 2.23. The van der Waals surface area contributed by atoms with E-state index < -0.39 is 0 Å². The van der Waals surface area contributed by atoms with Crippen LogP contribution in [0.4, 0.5) is 5.69 Å². The van der Waals surface area contributed by atoms with E-state index in [1.807, 2.05) is 24.7 Å². The fourth-order valence-electron chi connectivity index (χ4n) is 3.53. The van der Waals surface area contributed by atoms with Gasteiger partial charge < -0.3 is 19.9 Å². The van der Waals surface area contributed by atoms with Gasteiger partial charge in [-0.15, -0.1) is 10.2 Å². The average Bonchev–Trinajstić information content (AvgIpc) is 3.29. The summed E-state index contributed by atoms with van der Waals surface area (Å²) in [7, 11) is 1.59. The van der Waals surface area contributed by atoms with Crippen molar-refractivity contribution >= 4 is 52.6 Å². The normalized spacial score (nSPS) is 11.7. The lowest BCUT2D eigenvalue weighted by Gasteiger charge is -2.19. The number of rotatable bonds is 12. The van der Waals surface area contributed by atoms with Gasteiger partial charge in [0, 0.05) is 22.8 Å². The quantitative estimate of drug-likeness (QED) is 0.300. The summed E-state index contributed by atoms with van der Waals surface area (Å²) in [4.78, 5) is 25.5. The molecule has 3 rings (SSSR count). The van der Waals surface area contributed by atoms with Crippen molar-refractivity contribution in [1.29, 1.82) is 0 Å². The minimum atomic E-state index is -0.320. The summed E-state index contributed by atoms with van der Waals surface area (Å²) >= 11 is 9.01. The van der Waals surface area contributed by atoms with Crippen LogP contribution in [0.2, 0.25) is 5.02 Å². The van der Waals surface area contributed by atoms with Gasteiger partial charge in [0.05, 0.1) is 18.9 Å². The third-order valence-corrected chi connectivity index (χ3v) is 7.28. The zero-order valence-electron chi connectivity index (χ0n) is 20.7. The second-order valence-corrected chi connectivity index (χ2v) is 10.3. The third kappa shape index (κ3) is 7.41. The van der Waals surface area contributed by atoms with Gasteiger partial charge in [0.25, 0.3) is 5.91 Å². The Morgan fingerprint density at radius 3 is 2.56 bits per heavy atom. The van der Waals surface area contributed by atoms with Gasteiger partial charge in [-0.25, -0.2) is 0 Å². The van der Waals surface area contributed by atoms with Gasteiger partial charge >= 0.3 is 0 Å². The third-order valence-electron chi connectivity index (χ3n) is 5.44. The summed E-state index contributed by atoms with van der Waals surface area (Å²) in [5, 5.41) is 16.0. The topological polar surface area (TPSA) is 98.1 Å². The summed E-state index contributed by atoms with van der Waals surface area (Å²) in [6, 6.07) is 12.0. The summed E-state index contributed by atoms with van der Waals surface area (Å²) in [5.41, 5.74) is 2.15. The molecule has 3 aromatic rings. The van der Waals surface area contributed by atoms with Crippen molar-refractivity contribution in [3.05, 3.63) is 64.4 Å². The molecule has 8 nitrogen and oxygen atoms in total. The van der Waals surface area contributed by atoms with E-state index >= 15 is 0 Å². The standard InChI is InChI=1S/C25H30ClN5O3S2/c1-5-31-23(21(12-13-35-4)28-24(33)17-6-9-19(34-3)10-7-17)29-30-25(31)36-15-22(32)27-20-11-8-18(26)14-16(20)2/h6-11,14,21H,5,12-13,15H2,1-4H3,(H,27,32)(H,28,33)/t21-/m0/s1. The Morgan fingerprint density at radius 1 is 1.17 bits per heavy atom. The molecule has 0 radical (unpaired) electrons. The Morgan fingerprint density at radius 2 is 1.92 bits per heavy atom. The fraction of sp³-hybridized carbons (Fsp3) is 0.360. The number of benzene rings is 2. The van der Waals surface area contributed by atoms with E-state index in [1.54, 1.807) is 61.3 Å². The number of carbonyl (C=O) groups is 2. The van der Waals surface area contributed by atoms with Crippen LogP contribution in [0.3, 0.4) is 0 Å². The van der Waals surface area contributed by atoms with Crippen molar-refractivity contribution in [1.82, 2.24) is 20.1 Å². The highest BCUT2D eigenvalue weighted by molar-refractivity contribution is 7.99. The number of nitrogens with one attached hydrogen (secondary N) is 2. The zero-order chi connectivity index (χ0) is 26.1. The molecular formula is C25H30ClN5O3S2. The zero-order valence-corrected chi connectivity index (χ0v) is 23.1. The average molecular weight is 548 g/mol. The molecule has 192 valence electrons. The predicted octanol–water partition coefficient (Wildman–Crippen LogP) is 5.22. The van der Waals surface area contributed by atoms with Crippen LogP contribution in [-0.2, 0) is 11.3 Å². The molecule has 0 unspecified atom stereocenters. The highest BCUT2D eigenvalue weighted by atomic mass is 35.5. The smallest absolute Gasteiger partial charge is 0.251 e. The second-order valence-electron chi connectivity index (χ2n) is 7.92. The molecule has 1 aromatic heterocycles. The molecule has 11 heteroatoms. The largest absolute Gasteiger partial charge is 0.497 e. The Hall–Kier alpha value is -2.69. The van der Waals surface area contributed by atoms with E-state index in [9.17, 15) is 9.59 Å². The molecule has 2 amide bonds. The first-order valence-corrected chi connectivity index (χ1v) is 14.2. The maximum atomic E-state index is 13.0. The lowest BCUT2D eigenvalue weighted by Crippen LogP contribution is -2.31. The predicted molar refractivity (Wildman–Crippen MR) is 147 cm³/mol. The van der Waals surface area contributed by atoms with Gasteiger partial charge in [-0.05, 0) is 80.3 Å². The van der Waals surface area contributed by atoms with E-state index in [0.29, 0.717) is 40.3 Å². The highest BCUT2D eigenvalue weighted by Crippen LogP contribution is 2.25. The van der Waals surface area contributed by atoms with Gasteiger partial charge in [0.1, 0.15) is 5.75 Å². The van der Waals surface area contributed by atoms with Crippen LogP contribution in [-0.4, -0.2) is 51.5 Å². The number of halogens is 1. The van der Waals surface area contributed by atoms with Crippen LogP contribution in [0.25, 0.3) is 0 Å². The molecule has 0 aliphatic heterocycles. The van der Waals surface area contributed by atoms with Crippen molar-refractivity contribution in [2.75, 3.05) is 30.2 Å². The van der Waals surface area contributed by atoms with Crippen LogP contribution in [0.1, 0.15) is 41.1 Å². The molecule has 0 aliphatic rings. The van der Waals surface area contributed by atoms with Gasteiger partial charge in [0.15, 0.2) is 11.0 Å². The first kappa shape index (κ1) is 27.9. The number of carbonyl (C=O) groups excluding carboxylic acids is 2. The molecule has 0 aliphatic carbocycles. The van der Waals surface area contributed by atoms with E-state index in [0.717, 1.165) is 17.0 Å². The van der Waals surface area contributed by atoms with E-state index in [2.05, 4.69) is 20.8 Å². The molecule has 0 saturated carbocycles. The van der Waals surface area contributed by atoms with Crippen LogP contribution in [0.15, 0.2) is 47.6 Å². The molecule has 0 bridgehead atoms. The van der Waals surface area contributed by atoms with Gasteiger partial charge in [-0.2, -0.15) is 11.8 Å². The number of anilines is 1. The number of amides is 2. The number of aryl methyl sites for hydroxylation is 1. The number of hydrogen-bond acceptors (Lipinski definition) is 7. The maximum Gasteiger partial charge on any atom is 0.251 e. The number of hydrogen-bond donors (Lipinski definition) is 2. The number of nitrogens with zero attached hydrogens (tertiary/aromatic N) is 3. The van der Waals surface area contributed by atoms with Crippen molar-refractivity contribution in [2.24, 2.45) is 0 Å². The van der Waals surface area contributed by atoms with E-state index in [1.165, 1.54) is 11.8 Å². The minimum absolute atomic E-state index is 0.149.